The standard InChI is InChI=1S/C20H20INS/c1-13(22(3)14(2)21)12-19-15-8-4-6-10-17(15)20(23)18-11-7-5-9-16(18)19/h4-14H,1-3H3/t13?,14-/m0/s1. The minimum Gasteiger partial charge on any atom is -0.289 e. The molecule has 1 unspecified atom stereocenters. The maximum absolute atomic E-state index is 5.74. The third kappa shape index (κ3) is 3.14. The lowest BCUT2D eigenvalue weighted by atomic mass is 9.81. The van der Waals surface area contributed by atoms with E-state index in [2.05, 4.69) is 103 Å². The fraction of sp³-hybridized carbons (Fsp3) is 0.250. The molecule has 0 aromatic heterocycles. The van der Waals surface area contributed by atoms with Gasteiger partial charge in [-0.05, 0) is 37.6 Å². The average Bonchev–Trinajstić information content (AvgIpc) is 2.57. The monoisotopic (exact) mass is 433 g/mol. The third-order valence-corrected chi connectivity index (χ3v) is 5.85. The van der Waals surface area contributed by atoms with Crippen molar-refractivity contribution in [1.82, 2.24) is 4.90 Å². The van der Waals surface area contributed by atoms with E-state index in [1.807, 2.05) is 0 Å². The molecule has 0 saturated heterocycles. The number of likely N-dealkylation sites (N-methyl/N-ethyl adjacent to an activating group) is 1. The molecule has 2 atom stereocenters. The summed E-state index contributed by atoms with van der Waals surface area (Å²) in [5, 5.41) is 0. The zero-order valence-electron chi connectivity index (χ0n) is 13.6. The van der Waals surface area contributed by atoms with E-state index in [1.54, 1.807) is 0 Å². The van der Waals surface area contributed by atoms with Crippen molar-refractivity contribution < 1.29 is 0 Å². The summed E-state index contributed by atoms with van der Waals surface area (Å²) in [5.74, 6) is 0. The molecule has 0 heterocycles. The normalized spacial score (nSPS) is 15.9. The van der Waals surface area contributed by atoms with Crippen LogP contribution in [0.2, 0.25) is 0 Å². The number of halogens is 1. The van der Waals surface area contributed by atoms with Crippen molar-refractivity contribution in [2.24, 2.45) is 0 Å². The largest absolute Gasteiger partial charge is 0.289 e. The highest BCUT2D eigenvalue weighted by atomic mass is 127. The van der Waals surface area contributed by atoms with E-state index in [-0.39, 0.29) is 0 Å². The van der Waals surface area contributed by atoms with Crippen LogP contribution in [0.5, 0.6) is 0 Å². The van der Waals surface area contributed by atoms with Crippen LogP contribution < -0.4 is 0 Å². The maximum atomic E-state index is 5.74. The Bertz CT molecular complexity index is 727. The van der Waals surface area contributed by atoms with Gasteiger partial charge in [0.25, 0.3) is 0 Å². The van der Waals surface area contributed by atoms with Gasteiger partial charge in [0.05, 0.1) is 8.91 Å². The van der Waals surface area contributed by atoms with E-state index in [9.17, 15) is 0 Å². The summed E-state index contributed by atoms with van der Waals surface area (Å²) in [6, 6.07) is 17.3. The van der Waals surface area contributed by atoms with Crippen molar-refractivity contribution >= 4 is 45.2 Å². The second kappa shape index (κ2) is 6.83. The van der Waals surface area contributed by atoms with Gasteiger partial charge >= 0.3 is 0 Å². The van der Waals surface area contributed by atoms with Crippen LogP contribution in [0.3, 0.4) is 0 Å². The summed E-state index contributed by atoms with van der Waals surface area (Å²) in [6.45, 7) is 4.47. The molecule has 118 valence electrons. The van der Waals surface area contributed by atoms with Crippen LogP contribution in [-0.2, 0) is 0 Å². The molecule has 0 N–H and O–H groups in total. The average molecular weight is 433 g/mol. The molecule has 1 nitrogen and oxygen atoms in total. The van der Waals surface area contributed by atoms with E-state index in [0.29, 0.717) is 10.1 Å². The van der Waals surface area contributed by atoms with Crippen molar-refractivity contribution in [3.63, 3.8) is 0 Å². The van der Waals surface area contributed by atoms with E-state index >= 15 is 0 Å². The summed E-state index contributed by atoms with van der Waals surface area (Å²) in [7, 11) is 2.17. The van der Waals surface area contributed by atoms with Crippen molar-refractivity contribution in [2.45, 2.75) is 23.9 Å². The molecule has 0 amide bonds. The second-order valence-electron chi connectivity index (χ2n) is 5.98. The van der Waals surface area contributed by atoms with E-state index in [4.69, 9.17) is 12.2 Å². The maximum Gasteiger partial charge on any atom is 0.0592 e. The molecule has 0 radical (unpaired) electrons. The number of rotatable bonds is 3. The van der Waals surface area contributed by atoms with Crippen LogP contribution >= 0.6 is 34.8 Å². The molecule has 2 aromatic rings. The first-order valence-electron chi connectivity index (χ1n) is 7.82. The number of nitrogens with zero attached hydrogens (tertiary/aromatic N) is 1. The van der Waals surface area contributed by atoms with Crippen LogP contribution in [0.4, 0.5) is 0 Å². The van der Waals surface area contributed by atoms with Crippen molar-refractivity contribution in [3.05, 3.63) is 76.9 Å². The number of hydrogen-bond donors (Lipinski definition) is 0. The van der Waals surface area contributed by atoms with E-state index in [0.717, 1.165) is 4.86 Å². The lowest BCUT2D eigenvalue weighted by Gasteiger charge is -2.28. The topological polar surface area (TPSA) is 3.24 Å². The zero-order valence-corrected chi connectivity index (χ0v) is 16.6. The molecular formula is C20H20INS. The second-order valence-corrected chi connectivity index (χ2v) is 8.19. The molecule has 0 spiro atoms. The van der Waals surface area contributed by atoms with Gasteiger partial charge in [-0.2, -0.15) is 0 Å². The van der Waals surface area contributed by atoms with Crippen LogP contribution in [0.1, 0.15) is 36.1 Å². The number of fused-ring (bicyclic) bond motifs is 2. The summed E-state index contributed by atoms with van der Waals surface area (Å²) < 4.78 is 0.481. The van der Waals surface area contributed by atoms with Crippen molar-refractivity contribution in [1.29, 1.82) is 0 Å². The molecule has 0 saturated carbocycles. The van der Waals surface area contributed by atoms with Gasteiger partial charge in [-0.15, -0.1) is 0 Å². The molecule has 0 bridgehead atoms. The Balaban J connectivity index is 2.17. The van der Waals surface area contributed by atoms with Crippen LogP contribution in [0, 0.1) is 0 Å². The Kier molecular flexibility index (Phi) is 4.99. The Labute approximate surface area is 157 Å². The third-order valence-electron chi connectivity index (χ3n) is 4.54. The summed E-state index contributed by atoms with van der Waals surface area (Å²) in [4.78, 5) is 3.32. The Morgan fingerprint density at radius 1 is 0.913 bits per heavy atom. The van der Waals surface area contributed by atoms with Crippen LogP contribution in [0.25, 0.3) is 5.57 Å². The highest BCUT2D eigenvalue weighted by Crippen LogP contribution is 2.36. The predicted molar refractivity (Wildman–Crippen MR) is 111 cm³/mol. The molecule has 1 aliphatic carbocycles. The molecular weight excluding hydrogens is 413 g/mol. The van der Waals surface area contributed by atoms with Gasteiger partial charge in [0.15, 0.2) is 0 Å². The summed E-state index contributed by atoms with van der Waals surface area (Å²) in [6.07, 6.45) is 2.37. The molecule has 1 aliphatic rings. The van der Waals surface area contributed by atoms with Gasteiger partial charge in [-0.3, -0.25) is 4.90 Å². The summed E-state index contributed by atoms with van der Waals surface area (Å²) in [5.41, 5.74) is 6.13. The lowest BCUT2D eigenvalue weighted by molar-refractivity contribution is 0.301. The zero-order chi connectivity index (χ0) is 16.6. The van der Waals surface area contributed by atoms with Gasteiger partial charge in [-0.1, -0.05) is 89.4 Å². The molecule has 3 heteroatoms. The molecule has 0 aliphatic heterocycles. The Morgan fingerprint density at radius 3 is 1.78 bits per heavy atom. The molecule has 3 rings (SSSR count). The van der Waals surface area contributed by atoms with E-state index < -0.39 is 0 Å². The molecule has 0 fully saturated rings. The first kappa shape index (κ1) is 16.8. The van der Waals surface area contributed by atoms with Crippen molar-refractivity contribution in [3.8, 4) is 0 Å². The van der Waals surface area contributed by atoms with Gasteiger partial charge in [-0.25, -0.2) is 0 Å². The minimum absolute atomic E-state index is 0.352. The van der Waals surface area contributed by atoms with E-state index in [1.165, 1.54) is 27.8 Å². The highest BCUT2D eigenvalue weighted by Gasteiger charge is 2.24. The molecule has 23 heavy (non-hydrogen) atoms. The minimum atomic E-state index is 0.352. The molecule has 2 aromatic carbocycles. The number of thiocarbonyl (C=S) groups is 1. The summed E-state index contributed by atoms with van der Waals surface area (Å²) >= 11 is 8.19. The van der Waals surface area contributed by atoms with Gasteiger partial charge < -0.3 is 0 Å². The fourth-order valence-corrected chi connectivity index (χ4v) is 3.85. The SMILES string of the molecule is CC(C=C1c2ccccc2C(=S)c2ccccc21)N(C)[C@@H](C)I. The van der Waals surface area contributed by atoms with Gasteiger partial charge in [0.2, 0.25) is 0 Å². The smallest absolute Gasteiger partial charge is 0.0592 e. The lowest BCUT2D eigenvalue weighted by Crippen LogP contribution is -2.32. The highest BCUT2D eigenvalue weighted by molar-refractivity contribution is 14.1. The van der Waals surface area contributed by atoms with Gasteiger partial charge in [0.1, 0.15) is 0 Å². The number of alkyl halides is 1. The quantitative estimate of drug-likeness (QED) is 0.239. The number of benzene rings is 2. The van der Waals surface area contributed by atoms with Crippen LogP contribution in [-0.4, -0.2) is 26.9 Å². The van der Waals surface area contributed by atoms with Gasteiger partial charge in [0, 0.05) is 17.2 Å². The Morgan fingerprint density at radius 2 is 1.35 bits per heavy atom. The predicted octanol–water partition coefficient (Wildman–Crippen LogP) is 5.30. The first-order valence-corrected chi connectivity index (χ1v) is 9.47. The van der Waals surface area contributed by atoms with Crippen molar-refractivity contribution in [2.75, 3.05) is 7.05 Å². The fourth-order valence-electron chi connectivity index (χ4n) is 2.98. The van der Waals surface area contributed by atoms with Crippen LogP contribution in [0.15, 0.2) is 54.6 Å². The number of hydrogen-bond acceptors (Lipinski definition) is 2. The first-order chi connectivity index (χ1) is 11.0. The Hall–Kier alpha value is -1.04.